The second-order valence-corrected chi connectivity index (χ2v) is 9.53. The van der Waals surface area contributed by atoms with Crippen molar-refractivity contribution >= 4 is 51.1 Å². The number of sulfone groups is 1. The van der Waals surface area contributed by atoms with Crippen LogP contribution in [0.3, 0.4) is 0 Å². The predicted octanol–water partition coefficient (Wildman–Crippen LogP) is 3.59. The summed E-state index contributed by atoms with van der Waals surface area (Å²) in [5, 5.41) is 9.74. The van der Waals surface area contributed by atoms with E-state index in [1.165, 1.54) is 6.26 Å². The lowest BCUT2D eigenvalue weighted by Crippen LogP contribution is -2.38. The normalized spacial score (nSPS) is 12.0. The Balaban J connectivity index is 0.00000392. The predicted molar refractivity (Wildman–Crippen MR) is 128 cm³/mol. The van der Waals surface area contributed by atoms with Crippen LogP contribution in [0.15, 0.2) is 39.5 Å². The number of rotatable bonds is 8. The Kier molecular flexibility index (Phi) is 10.4. The highest BCUT2D eigenvalue weighted by molar-refractivity contribution is 14.0. The fraction of sp³-hybridized carbons (Fsp3) is 0.474. The van der Waals surface area contributed by atoms with Gasteiger partial charge in [0, 0.05) is 30.6 Å². The third-order valence-electron chi connectivity index (χ3n) is 3.86. The van der Waals surface area contributed by atoms with E-state index in [9.17, 15) is 8.42 Å². The summed E-state index contributed by atoms with van der Waals surface area (Å²) in [6.07, 6.45) is 2.00. The van der Waals surface area contributed by atoms with Crippen molar-refractivity contribution in [3.63, 3.8) is 0 Å². The van der Waals surface area contributed by atoms with Gasteiger partial charge in [-0.05, 0) is 31.0 Å². The van der Waals surface area contributed by atoms with Crippen LogP contribution in [0.5, 0.6) is 0 Å². The van der Waals surface area contributed by atoms with Crippen molar-refractivity contribution < 1.29 is 8.42 Å². The van der Waals surface area contributed by atoms with Gasteiger partial charge in [0.05, 0.1) is 22.1 Å². The lowest BCUT2D eigenvalue weighted by atomic mass is 10.1. The molecule has 2 N–H and O–H groups in total. The second-order valence-electron chi connectivity index (χ2n) is 6.62. The van der Waals surface area contributed by atoms with Crippen molar-refractivity contribution in [2.24, 2.45) is 4.99 Å². The van der Waals surface area contributed by atoms with Gasteiger partial charge in [0.15, 0.2) is 15.8 Å². The van der Waals surface area contributed by atoms with E-state index in [0.717, 1.165) is 35.2 Å². The molecular weight excluding hydrogens is 507 g/mol. The number of aromatic nitrogens is 1. The highest BCUT2D eigenvalue weighted by Crippen LogP contribution is 2.19. The summed E-state index contributed by atoms with van der Waals surface area (Å²) in [6.45, 7) is 8.34. The first-order chi connectivity index (χ1) is 12.8. The number of nitrogens with one attached hydrogen (secondary N) is 2. The van der Waals surface area contributed by atoms with Gasteiger partial charge in [-0.3, -0.25) is 0 Å². The number of hydrogen-bond donors (Lipinski definition) is 2. The van der Waals surface area contributed by atoms with Gasteiger partial charge >= 0.3 is 0 Å². The highest BCUT2D eigenvalue weighted by Gasteiger charge is 2.07. The summed E-state index contributed by atoms with van der Waals surface area (Å²) in [5.74, 6) is 1.19. The molecule has 156 valence electrons. The molecule has 0 aliphatic carbocycles. The molecule has 0 radical (unpaired) electrons. The minimum absolute atomic E-state index is 0. The van der Waals surface area contributed by atoms with Crippen LogP contribution in [-0.2, 0) is 22.8 Å². The fourth-order valence-electron chi connectivity index (χ4n) is 2.39. The van der Waals surface area contributed by atoms with Crippen molar-refractivity contribution in [1.29, 1.82) is 0 Å². The summed E-state index contributed by atoms with van der Waals surface area (Å²) in [6, 6.07) is 7.01. The van der Waals surface area contributed by atoms with E-state index in [-0.39, 0.29) is 24.0 Å². The molecule has 0 unspecified atom stereocenters. The Morgan fingerprint density at radius 1 is 1.21 bits per heavy atom. The van der Waals surface area contributed by atoms with Gasteiger partial charge in [0.1, 0.15) is 0 Å². The van der Waals surface area contributed by atoms with Gasteiger partial charge < -0.3 is 10.6 Å². The Morgan fingerprint density at radius 2 is 1.89 bits per heavy atom. The molecule has 0 amide bonds. The van der Waals surface area contributed by atoms with Crippen LogP contribution in [0.4, 0.5) is 0 Å². The van der Waals surface area contributed by atoms with Crippen LogP contribution in [0, 0.1) is 0 Å². The molecule has 6 nitrogen and oxygen atoms in total. The fourth-order valence-corrected chi connectivity index (χ4v) is 3.85. The number of nitrogens with zero attached hydrogens (tertiary/aromatic N) is 2. The van der Waals surface area contributed by atoms with Crippen LogP contribution >= 0.6 is 35.3 Å². The highest BCUT2D eigenvalue weighted by atomic mass is 127. The zero-order chi connectivity index (χ0) is 19.9. The summed E-state index contributed by atoms with van der Waals surface area (Å²) >= 11 is 1.68. The van der Waals surface area contributed by atoms with E-state index in [2.05, 4.69) is 39.8 Å². The first kappa shape index (κ1) is 24.8. The maximum Gasteiger partial charge on any atom is 0.191 e. The van der Waals surface area contributed by atoms with Gasteiger partial charge in [0.25, 0.3) is 0 Å². The molecule has 0 atom stereocenters. The lowest BCUT2D eigenvalue weighted by molar-refractivity contribution is 0.602. The maximum absolute atomic E-state index is 11.5. The smallest absolute Gasteiger partial charge is 0.191 e. The minimum atomic E-state index is -3.15. The van der Waals surface area contributed by atoms with Gasteiger partial charge in [0.2, 0.25) is 0 Å². The van der Waals surface area contributed by atoms with E-state index in [4.69, 9.17) is 0 Å². The second kappa shape index (κ2) is 11.7. The van der Waals surface area contributed by atoms with Gasteiger partial charge in [-0.1, -0.05) is 26.0 Å². The largest absolute Gasteiger partial charge is 0.357 e. The lowest BCUT2D eigenvalue weighted by Gasteiger charge is -2.11. The zero-order valence-electron chi connectivity index (χ0n) is 16.7. The molecule has 2 rings (SSSR count). The quantitative estimate of drug-likeness (QED) is 0.306. The van der Waals surface area contributed by atoms with E-state index in [0.29, 0.717) is 23.9 Å². The third-order valence-corrected chi connectivity index (χ3v) is 6.19. The van der Waals surface area contributed by atoms with Crippen molar-refractivity contribution in [1.82, 2.24) is 15.6 Å². The Labute approximate surface area is 189 Å². The number of halogens is 1. The van der Waals surface area contributed by atoms with Crippen molar-refractivity contribution in [3.05, 3.63) is 45.9 Å². The molecule has 1 aromatic carbocycles. The maximum atomic E-state index is 11.5. The molecule has 0 aliphatic rings. The summed E-state index contributed by atoms with van der Waals surface area (Å²) < 4.78 is 23.0. The molecule has 9 heteroatoms. The van der Waals surface area contributed by atoms with Crippen molar-refractivity contribution in [2.45, 2.75) is 44.6 Å². The Hall–Kier alpha value is -1.20. The van der Waals surface area contributed by atoms with Crippen LogP contribution < -0.4 is 10.6 Å². The molecule has 0 saturated carbocycles. The van der Waals surface area contributed by atoms with Crippen LogP contribution in [0.1, 0.15) is 43.0 Å². The zero-order valence-corrected chi connectivity index (χ0v) is 20.7. The molecule has 0 bridgehead atoms. The van der Waals surface area contributed by atoms with E-state index in [1.807, 2.05) is 19.1 Å². The molecule has 1 heterocycles. The van der Waals surface area contributed by atoms with Crippen LogP contribution in [0.2, 0.25) is 0 Å². The number of aliphatic imine (C=N–C) groups is 1. The van der Waals surface area contributed by atoms with Crippen molar-refractivity contribution in [2.75, 3.05) is 19.3 Å². The number of benzene rings is 1. The van der Waals surface area contributed by atoms with E-state index >= 15 is 0 Å². The molecule has 28 heavy (non-hydrogen) atoms. The molecule has 0 spiro atoms. The topological polar surface area (TPSA) is 83.4 Å². The van der Waals surface area contributed by atoms with E-state index < -0.39 is 9.84 Å². The number of hydrogen-bond acceptors (Lipinski definition) is 5. The first-order valence-electron chi connectivity index (χ1n) is 9.05. The average Bonchev–Trinajstić information content (AvgIpc) is 3.09. The third kappa shape index (κ3) is 8.04. The van der Waals surface area contributed by atoms with Gasteiger partial charge in [-0.25, -0.2) is 18.4 Å². The van der Waals surface area contributed by atoms with Crippen molar-refractivity contribution in [3.8, 4) is 0 Å². The standard InChI is InChI=1S/C19H28N4O2S2.HI/c1-5-20-19(22-12-16-13-26-18(23-16)14(2)3)21-11-10-15-6-8-17(9-7-15)27(4,24)25;/h6-9,13-14H,5,10-12H2,1-4H3,(H2,20,21,22);1H. The molecule has 2 aromatic rings. The Bertz CT molecular complexity index is 862. The average molecular weight is 537 g/mol. The first-order valence-corrected chi connectivity index (χ1v) is 11.8. The monoisotopic (exact) mass is 536 g/mol. The molecule has 1 aromatic heterocycles. The summed E-state index contributed by atoms with van der Waals surface area (Å²) in [7, 11) is -3.15. The molecular formula is C19H29IN4O2S2. The number of thiazole rings is 1. The Morgan fingerprint density at radius 3 is 2.43 bits per heavy atom. The molecule has 0 saturated heterocycles. The van der Waals surface area contributed by atoms with Crippen LogP contribution in [-0.4, -0.2) is 38.7 Å². The number of guanidine groups is 1. The minimum Gasteiger partial charge on any atom is -0.357 e. The van der Waals surface area contributed by atoms with E-state index in [1.54, 1.807) is 23.5 Å². The van der Waals surface area contributed by atoms with Crippen LogP contribution in [0.25, 0.3) is 0 Å². The SMILES string of the molecule is CCNC(=NCc1csc(C(C)C)n1)NCCc1ccc(S(C)(=O)=O)cc1.I. The summed E-state index contributed by atoms with van der Waals surface area (Å²) in [5.41, 5.74) is 2.06. The summed E-state index contributed by atoms with van der Waals surface area (Å²) in [4.78, 5) is 9.54. The van der Waals surface area contributed by atoms with Gasteiger partial charge in [-0.15, -0.1) is 35.3 Å². The molecule has 0 aliphatic heterocycles. The van der Waals surface area contributed by atoms with Gasteiger partial charge in [-0.2, -0.15) is 0 Å². The molecule has 0 fully saturated rings.